The minimum absolute atomic E-state index is 0.170. The lowest BCUT2D eigenvalue weighted by atomic mass is 9.44. The van der Waals surface area contributed by atoms with Crippen molar-refractivity contribution in [2.75, 3.05) is 6.61 Å². The summed E-state index contributed by atoms with van der Waals surface area (Å²) < 4.78 is 35.1. The van der Waals surface area contributed by atoms with Gasteiger partial charge in [-0.25, -0.2) is 0 Å². The van der Waals surface area contributed by atoms with Gasteiger partial charge in [0.1, 0.15) is 12.7 Å². The Morgan fingerprint density at radius 3 is 1.98 bits per heavy atom. The average Bonchev–Trinajstić information content (AvgIpc) is 3.39. The second-order valence-electron chi connectivity index (χ2n) is 17.8. The van der Waals surface area contributed by atoms with E-state index in [-0.39, 0.29) is 18.1 Å². The van der Waals surface area contributed by atoms with Crippen molar-refractivity contribution in [3.05, 3.63) is 0 Å². The van der Waals surface area contributed by atoms with Crippen LogP contribution in [0.4, 0.5) is 0 Å². The van der Waals surface area contributed by atoms with Gasteiger partial charge in [0.2, 0.25) is 0 Å². The van der Waals surface area contributed by atoms with Gasteiger partial charge in [0.05, 0.1) is 6.10 Å². The third-order valence-electron chi connectivity index (χ3n) is 14.1. The van der Waals surface area contributed by atoms with Crippen molar-refractivity contribution in [1.29, 1.82) is 0 Å². The lowest BCUT2D eigenvalue weighted by Gasteiger charge is -2.61. The number of carbonyl (C=O) groups is 4. The number of fused-ring (bicyclic) bond motifs is 5. The van der Waals surface area contributed by atoms with Crippen molar-refractivity contribution in [1.82, 2.24) is 0 Å². The number of carbonyl (C=O) groups excluding carboxylic acids is 4. The third-order valence-corrected chi connectivity index (χ3v) is 14.1. The first-order valence-corrected chi connectivity index (χ1v) is 20.0. The lowest BCUT2D eigenvalue weighted by molar-refractivity contribution is -0.321. The molecule has 0 bridgehead atoms. The van der Waals surface area contributed by atoms with Crippen LogP contribution < -0.4 is 0 Å². The number of rotatable bonds is 12. The lowest BCUT2D eigenvalue weighted by Crippen LogP contribution is -2.63. The first-order valence-electron chi connectivity index (χ1n) is 20.0. The Hall–Kier alpha value is -2.20. The van der Waals surface area contributed by atoms with Gasteiger partial charge in [0.15, 0.2) is 24.6 Å². The average molecular weight is 719 g/mol. The summed E-state index contributed by atoms with van der Waals surface area (Å²) in [6, 6.07) is 0. The molecule has 0 radical (unpaired) electrons. The predicted octanol–water partition coefficient (Wildman–Crippen LogP) is 7.58. The highest BCUT2D eigenvalue weighted by atomic mass is 16.7. The predicted molar refractivity (Wildman–Crippen MR) is 190 cm³/mol. The van der Waals surface area contributed by atoms with Crippen LogP contribution in [0.5, 0.6) is 0 Å². The van der Waals surface area contributed by atoms with Crippen molar-refractivity contribution >= 4 is 23.9 Å². The molecule has 0 aromatic heterocycles. The fourth-order valence-electron chi connectivity index (χ4n) is 11.9. The molecule has 0 amide bonds. The maximum Gasteiger partial charge on any atom is 0.303 e. The summed E-state index contributed by atoms with van der Waals surface area (Å²) in [6.45, 7) is 17.1. The maximum atomic E-state index is 12.3. The van der Waals surface area contributed by atoms with Crippen LogP contribution in [-0.2, 0) is 47.6 Å². The zero-order valence-electron chi connectivity index (χ0n) is 32.8. The fourth-order valence-corrected chi connectivity index (χ4v) is 11.9. The summed E-state index contributed by atoms with van der Waals surface area (Å²) >= 11 is 0. The molecule has 5 aliphatic rings. The number of ether oxygens (including phenoxy) is 6. The molecule has 4 saturated carbocycles. The molecule has 5 fully saturated rings. The van der Waals surface area contributed by atoms with E-state index in [0.29, 0.717) is 11.3 Å². The van der Waals surface area contributed by atoms with E-state index < -0.39 is 54.6 Å². The van der Waals surface area contributed by atoms with E-state index in [4.69, 9.17) is 28.4 Å². The van der Waals surface area contributed by atoms with E-state index in [1.807, 2.05) is 0 Å². The number of hydrogen-bond donors (Lipinski definition) is 0. The number of hydrogen-bond acceptors (Lipinski definition) is 10. The highest BCUT2D eigenvalue weighted by Crippen LogP contribution is 2.68. The van der Waals surface area contributed by atoms with E-state index in [1.54, 1.807) is 0 Å². The maximum absolute atomic E-state index is 12.3. The molecular weight excluding hydrogens is 652 g/mol. The second kappa shape index (κ2) is 16.4. The molecule has 0 N–H and O–H groups in total. The van der Waals surface area contributed by atoms with Crippen molar-refractivity contribution in [2.45, 2.75) is 176 Å². The van der Waals surface area contributed by atoms with Gasteiger partial charge in [-0.05, 0) is 110 Å². The van der Waals surface area contributed by atoms with Crippen molar-refractivity contribution in [3.8, 4) is 0 Å². The van der Waals surface area contributed by atoms with Crippen LogP contribution in [0.3, 0.4) is 0 Å². The van der Waals surface area contributed by atoms with Crippen LogP contribution in [0.1, 0.15) is 139 Å². The molecular formula is C41H66O10. The second-order valence-corrected chi connectivity index (χ2v) is 17.8. The van der Waals surface area contributed by atoms with Crippen LogP contribution in [0.2, 0.25) is 0 Å². The van der Waals surface area contributed by atoms with Gasteiger partial charge < -0.3 is 28.4 Å². The topological polar surface area (TPSA) is 124 Å². The van der Waals surface area contributed by atoms with Gasteiger partial charge in [-0.15, -0.1) is 0 Å². The molecule has 1 saturated heterocycles. The molecule has 290 valence electrons. The van der Waals surface area contributed by atoms with Crippen molar-refractivity contribution in [3.63, 3.8) is 0 Å². The quantitative estimate of drug-likeness (QED) is 0.113. The van der Waals surface area contributed by atoms with Crippen LogP contribution in [-0.4, -0.2) is 67.3 Å². The van der Waals surface area contributed by atoms with Gasteiger partial charge in [-0.1, -0.05) is 53.9 Å². The molecule has 0 aromatic rings. The minimum Gasteiger partial charge on any atom is -0.463 e. The Balaban J connectivity index is 1.29. The van der Waals surface area contributed by atoms with Crippen molar-refractivity contribution in [2.24, 2.45) is 52.3 Å². The normalized spacial score (nSPS) is 41.0. The molecule has 10 heteroatoms. The van der Waals surface area contributed by atoms with Crippen LogP contribution >= 0.6 is 0 Å². The van der Waals surface area contributed by atoms with Gasteiger partial charge in [0.25, 0.3) is 0 Å². The summed E-state index contributed by atoms with van der Waals surface area (Å²) in [5.41, 5.74) is 0.698. The largest absolute Gasteiger partial charge is 0.463 e. The number of esters is 4. The van der Waals surface area contributed by atoms with Crippen LogP contribution in [0.15, 0.2) is 0 Å². The molecule has 4 aliphatic carbocycles. The Morgan fingerprint density at radius 1 is 0.706 bits per heavy atom. The van der Waals surface area contributed by atoms with Crippen LogP contribution in [0.25, 0.3) is 0 Å². The van der Waals surface area contributed by atoms with Gasteiger partial charge in [-0.3, -0.25) is 19.2 Å². The Bertz CT molecular complexity index is 1250. The van der Waals surface area contributed by atoms with E-state index in [2.05, 4.69) is 34.6 Å². The molecule has 10 nitrogen and oxygen atoms in total. The van der Waals surface area contributed by atoms with E-state index in [9.17, 15) is 19.2 Å². The zero-order valence-corrected chi connectivity index (χ0v) is 32.8. The molecule has 0 unspecified atom stereocenters. The first kappa shape index (κ1) is 40.0. The highest BCUT2D eigenvalue weighted by Gasteiger charge is 2.61. The van der Waals surface area contributed by atoms with Crippen LogP contribution in [0, 0.1) is 52.3 Å². The Labute approximate surface area is 306 Å². The van der Waals surface area contributed by atoms with E-state index in [0.717, 1.165) is 54.8 Å². The molecule has 1 heterocycles. The minimum atomic E-state index is -1.22. The summed E-state index contributed by atoms with van der Waals surface area (Å²) in [6.07, 6.45) is 8.77. The Morgan fingerprint density at radius 2 is 1.33 bits per heavy atom. The molecule has 0 spiro atoms. The third kappa shape index (κ3) is 8.79. The molecule has 0 aromatic carbocycles. The molecule has 51 heavy (non-hydrogen) atoms. The standard InChI is InChI=1S/C41H66O10/c1-23(2)11-10-12-24(3)32-15-16-33-31-14-13-29-21-30(17-19-40(29,8)34(31)18-20-41(32,33)9)50-39-38(49-28(7)45)37(48-27(6)44)36(47-26(5)43)35(51-39)22-46-25(4)42/h23-24,29-39H,10-22H2,1-9H3/t24-,29+,30-,31-,32-,33+,34+,35+,36-,37+,38-,39+,40-,41-/m1/s1. The molecule has 5 rings (SSSR count). The van der Waals surface area contributed by atoms with E-state index >= 15 is 0 Å². The van der Waals surface area contributed by atoms with E-state index in [1.165, 1.54) is 85.5 Å². The van der Waals surface area contributed by atoms with Gasteiger partial charge in [0, 0.05) is 27.7 Å². The Kier molecular flexibility index (Phi) is 12.9. The summed E-state index contributed by atoms with van der Waals surface area (Å²) in [5, 5.41) is 0. The molecule has 1 aliphatic heterocycles. The molecule has 14 atom stereocenters. The fraction of sp³-hybridized carbons (Fsp3) is 0.902. The van der Waals surface area contributed by atoms with Gasteiger partial charge in [-0.2, -0.15) is 0 Å². The SMILES string of the molecule is CC(=O)OC[C@@H]1O[C@H](O[C@@H]2CC[C@]3(C)[C@@H](CC[C@H]4[C@@H]3CC[C@]3(C)[C@@H]([C@H](C)CCCC(C)C)CC[C@@H]43)C2)[C@H](OC(C)=O)[C@@H](OC(C)=O)[C@@H]1OC(C)=O. The summed E-state index contributed by atoms with van der Waals surface area (Å²) in [4.78, 5) is 48.5. The van der Waals surface area contributed by atoms with Gasteiger partial charge >= 0.3 is 23.9 Å². The first-order chi connectivity index (χ1) is 24.0. The summed E-state index contributed by atoms with van der Waals surface area (Å²) in [7, 11) is 0. The monoisotopic (exact) mass is 718 g/mol. The zero-order chi connectivity index (χ0) is 37.2. The smallest absolute Gasteiger partial charge is 0.303 e. The highest BCUT2D eigenvalue weighted by molar-refractivity contribution is 5.68. The summed E-state index contributed by atoms with van der Waals surface area (Å²) in [5.74, 6) is 2.78. The van der Waals surface area contributed by atoms with Crippen molar-refractivity contribution < 1.29 is 47.6 Å².